The van der Waals surface area contributed by atoms with Crippen molar-refractivity contribution in [2.24, 2.45) is 0 Å². The third kappa shape index (κ3) is 4.24. The molecule has 0 spiro atoms. The molecule has 0 radical (unpaired) electrons. The molecular formula is C19H19FN4O2. The monoisotopic (exact) mass is 354 g/mol. The smallest absolute Gasteiger partial charge is 0.319 e. The van der Waals surface area contributed by atoms with Crippen LogP contribution in [0, 0.1) is 5.82 Å². The van der Waals surface area contributed by atoms with Gasteiger partial charge in [-0.2, -0.15) is 4.98 Å². The molecule has 0 aliphatic carbocycles. The first kappa shape index (κ1) is 17.6. The molecule has 3 aromatic rings. The Labute approximate surface area is 150 Å². The Morgan fingerprint density at radius 2 is 2.04 bits per heavy atom. The van der Waals surface area contributed by atoms with Crippen molar-refractivity contribution in [1.82, 2.24) is 15.5 Å². The number of nitrogens with zero attached hydrogens (tertiary/aromatic N) is 2. The molecule has 2 aromatic carbocycles. The molecule has 0 fully saturated rings. The fourth-order valence-corrected chi connectivity index (χ4v) is 2.37. The molecular weight excluding hydrogens is 335 g/mol. The van der Waals surface area contributed by atoms with Crippen molar-refractivity contribution in [2.45, 2.75) is 19.8 Å². The molecule has 0 aliphatic rings. The third-order valence-corrected chi connectivity index (χ3v) is 3.72. The van der Waals surface area contributed by atoms with E-state index in [1.54, 1.807) is 42.5 Å². The van der Waals surface area contributed by atoms with E-state index < -0.39 is 5.82 Å². The number of aromatic nitrogens is 2. The molecule has 3 rings (SSSR count). The maximum atomic E-state index is 13.8. The number of hydrogen-bond acceptors (Lipinski definition) is 4. The van der Waals surface area contributed by atoms with Crippen molar-refractivity contribution < 1.29 is 13.7 Å². The molecule has 0 aliphatic heterocycles. The molecule has 7 heteroatoms. The van der Waals surface area contributed by atoms with Gasteiger partial charge in [0, 0.05) is 17.8 Å². The van der Waals surface area contributed by atoms with Crippen LogP contribution in [0.3, 0.4) is 0 Å². The summed E-state index contributed by atoms with van der Waals surface area (Å²) < 4.78 is 19.0. The average Bonchev–Trinajstić information content (AvgIpc) is 3.12. The van der Waals surface area contributed by atoms with Crippen LogP contribution in [0.2, 0.25) is 0 Å². The summed E-state index contributed by atoms with van der Waals surface area (Å²) in [4.78, 5) is 16.1. The highest BCUT2D eigenvalue weighted by Crippen LogP contribution is 2.25. The van der Waals surface area contributed by atoms with Crippen molar-refractivity contribution in [2.75, 3.05) is 11.9 Å². The van der Waals surface area contributed by atoms with E-state index in [1.807, 2.05) is 0 Å². The Hall–Kier alpha value is -3.22. The largest absolute Gasteiger partial charge is 0.338 e. The van der Waals surface area contributed by atoms with Crippen molar-refractivity contribution >= 4 is 11.7 Å². The second-order valence-electron chi connectivity index (χ2n) is 5.72. The van der Waals surface area contributed by atoms with Crippen LogP contribution < -0.4 is 10.6 Å². The minimum absolute atomic E-state index is 0.105. The molecule has 0 atom stereocenters. The number of unbranched alkanes of at least 4 members (excludes halogenated alkanes) is 1. The topological polar surface area (TPSA) is 80.0 Å². The molecule has 134 valence electrons. The molecule has 0 saturated heterocycles. The minimum Gasteiger partial charge on any atom is -0.338 e. The zero-order chi connectivity index (χ0) is 18.4. The highest BCUT2D eigenvalue weighted by atomic mass is 19.1. The van der Waals surface area contributed by atoms with Crippen LogP contribution in [-0.2, 0) is 0 Å². The summed E-state index contributed by atoms with van der Waals surface area (Å²) in [6, 6.07) is 13.0. The molecule has 0 unspecified atom stereocenters. The number of amides is 2. The van der Waals surface area contributed by atoms with Gasteiger partial charge >= 0.3 is 6.03 Å². The number of benzene rings is 2. The number of nitrogens with one attached hydrogen (secondary N) is 2. The van der Waals surface area contributed by atoms with E-state index in [9.17, 15) is 9.18 Å². The number of anilines is 1. The van der Waals surface area contributed by atoms with Crippen molar-refractivity contribution in [1.29, 1.82) is 0 Å². The van der Waals surface area contributed by atoms with Crippen LogP contribution in [-0.4, -0.2) is 22.7 Å². The van der Waals surface area contributed by atoms with Crippen LogP contribution in [0.4, 0.5) is 14.9 Å². The van der Waals surface area contributed by atoms with Crippen molar-refractivity contribution in [3.05, 3.63) is 54.3 Å². The lowest BCUT2D eigenvalue weighted by molar-refractivity contribution is 0.252. The molecule has 1 heterocycles. The molecule has 0 bridgehead atoms. The lowest BCUT2D eigenvalue weighted by Gasteiger charge is -2.07. The zero-order valence-corrected chi connectivity index (χ0v) is 14.3. The summed E-state index contributed by atoms with van der Waals surface area (Å²) in [5, 5.41) is 9.45. The first-order valence-corrected chi connectivity index (χ1v) is 8.41. The van der Waals surface area contributed by atoms with Crippen LogP contribution in [0.15, 0.2) is 53.1 Å². The van der Waals surface area contributed by atoms with E-state index in [4.69, 9.17) is 4.52 Å². The van der Waals surface area contributed by atoms with Gasteiger partial charge in [-0.05, 0) is 30.7 Å². The molecule has 2 amide bonds. The Bertz CT molecular complexity index is 895. The van der Waals surface area contributed by atoms with Gasteiger partial charge in [0.15, 0.2) is 0 Å². The maximum Gasteiger partial charge on any atom is 0.319 e. The molecule has 2 N–H and O–H groups in total. The van der Waals surface area contributed by atoms with Crippen molar-refractivity contribution in [3.63, 3.8) is 0 Å². The summed E-state index contributed by atoms with van der Waals surface area (Å²) in [5.41, 5.74) is 1.51. The molecule has 6 nitrogen and oxygen atoms in total. The number of carbonyl (C=O) groups excluding carboxylic acids is 1. The SMILES string of the molecule is CCCCNC(=O)Nc1cccc(-c2noc(-c3ccccc3F)n2)c1. The highest BCUT2D eigenvalue weighted by molar-refractivity contribution is 5.89. The summed E-state index contributed by atoms with van der Waals surface area (Å²) in [6.07, 6.45) is 1.94. The van der Waals surface area contributed by atoms with Crippen LogP contribution in [0.25, 0.3) is 22.8 Å². The number of carbonyl (C=O) groups is 1. The normalized spacial score (nSPS) is 10.5. The van der Waals surface area contributed by atoms with Gasteiger partial charge < -0.3 is 15.2 Å². The number of urea groups is 1. The van der Waals surface area contributed by atoms with Gasteiger partial charge in [-0.1, -0.05) is 42.8 Å². The van der Waals surface area contributed by atoms with E-state index in [0.29, 0.717) is 23.6 Å². The Morgan fingerprint density at radius 1 is 1.19 bits per heavy atom. The van der Waals surface area contributed by atoms with E-state index in [2.05, 4.69) is 27.7 Å². The lowest BCUT2D eigenvalue weighted by Crippen LogP contribution is -2.29. The summed E-state index contributed by atoms with van der Waals surface area (Å²) >= 11 is 0. The van der Waals surface area contributed by atoms with E-state index >= 15 is 0 Å². The predicted octanol–water partition coefficient (Wildman–Crippen LogP) is 4.46. The average molecular weight is 354 g/mol. The minimum atomic E-state index is -0.429. The fourth-order valence-electron chi connectivity index (χ4n) is 2.37. The van der Waals surface area contributed by atoms with Crippen molar-refractivity contribution in [3.8, 4) is 22.8 Å². The zero-order valence-electron chi connectivity index (χ0n) is 14.3. The Kier molecular flexibility index (Phi) is 5.58. The summed E-state index contributed by atoms with van der Waals surface area (Å²) in [5.74, 6) is -0.00562. The van der Waals surface area contributed by atoms with Crippen LogP contribution in [0.1, 0.15) is 19.8 Å². The van der Waals surface area contributed by atoms with E-state index in [-0.39, 0.29) is 17.5 Å². The first-order chi connectivity index (χ1) is 12.7. The highest BCUT2D eigenvalue weighted by Gasteiger charge is 2.14. The second-order valence-corrected chi connectivity index (χ2v) is 5.72. The quantitative estimate of drug-likeness (QED) is 0.640. The van der Waals surface area contributed by atoms with E-state index in [1.165, 1.54) is 6.07 Å². The molecule has 1 aromatic heterocycles. The number of rotatable bonds is 6. The summed E-state index contributed by atoms with van der Waals surface area (Å²) in [6.45, 7) is 2.68. The molecule has 0 saturated carbocycles. The van der Waals surface area contributed by atoms with Crippen LogP contribution >= 0.6 is 0 Å². The van der Waals surface area contributed by atoms with Gasteiger partial charge in [0.25, 0.3) is 5.89 Å². The lowest BCUT2D eigenvalue weighted by atomic mass is 10.2. The van der Waals surface area contributed by atoms with Gasteiger partial charge in [-0.15, -0.1) is 0 Å². The third-order valence-electron chi connectivity index (χ3n) is 3.72. The number of halogens is 1. The van der Waals surface area contributed by atoms with Gasteiger partial charge in [0.05, 0.1) is 5.56 Å². The second kappa shape index (κ2) is 8.24. The van der Waals surface area contributed by atoms with Gasteiger partial charge in [-0.25, -0.2) is 9.18 Å². The standard InChI is InChI=1S/C19H19FN4O2/c1-2-3-11-21-19(25)22-14-8-6-7-13(12-14)17-23-18(26-24-17)15-9-4-5-10-16(15)20/h4-10,12H,2-3,11H2,1H3,(H2,21,22,25). The van der Waals surface area contributed by atoms with Gasteiger partial charge in [0.1, 0.15) is 5.82 Å². The van der Waals surface area contributed by atoms with Crippen LogP contribution in [0.5, 0.6) is 0 Å². The fraction of sp³-hybridized carbons (Fsp3) is 0.211. The Morgan fingerprint density at radius 3 is 2.85 bits per heavy atom. The Balaban J connectivity index is 1.75. The van der Waals surface area contributed by atoms with E-state index in [0.717, 1.165) is 12.8 Å². The first-order valence-electron chi connectivity index (χ1n) is 8.41. The number of hydrogen-bond donors (Lipinski definition) is 2. The molecule has 26 heavy (non-hydrogen) atoms. The maximum absolute atomic E-state index is 13.8. The van der Waals surface area contributed by atoms with Gasteiger partial charge in [-0.3, -0.25) is 0 Å². The summed E-state index contributed by atoms with van der Waals surface area (Å²) in [7, 11) is 0. The predicted molar refractivity (Wildman–Crippen MR) is 97.1 cm³/mol. The van der Waals surface area contributed by atoms with Gasteiger partial charge in [0.2, 0.25) is 5.82 Å².